The van der Waals surface area contributed by atoms with Crippen molar-refractivity contribution in [2.75, 3.05) is 50.9 Å². The second-order valence-corrected chi connectivity index (χ2v) is 11.9. The highest BCUT2D eigenvalue weighted by Gasteiger charge is 2.28. The summed E-state index contributed by atoms with van der Waals surface area (Å²) in [5, 5.41) is 16.0. The van der Waals surface area contributed by atoms with Gasteiger partial charge >= 0.3 is 6.09 Å². The van der Waals surface area contributed by atoms with Crippen LogP contribution in [-0.2, 0) is 11.3 Å². The van der Waals surface area contributed by atoms with Crippen LogP contribution in [0.25, 0.3) is 11.1 Å². The number of hydrogen-bond donors (Lipinski definition) is 2. The van der Waals surface area contributed by atoms with Crippen LogP contribution in [0, 0.1) is 5.92 Å². The number of aliphatic hydroxyl groups is 1. The lowest BCUT2D eigenvalue weighted by Gasteiger charge is -2.37. The van der Waals surface area contributed by atoms with Crippen molar-refractivity contribution < 1.29 is 19.4 Å². The average Bonchev–Trinajstić information content (AvgIpc) is 3.49. The van der Waals surface area contributed by atoms with E-state index in [2.05, 4.69) is 15.2 Å². The summed E-state index contributed by atoms with van der Waals surface area (Å²) in [5.74, 6) is 0.258. The van der Waals surface area contributed by atoms with Crippen LogP contribution in [0.3, 0.4) is 0 Å². The van der Waals surface area contributed by atoms with Crippen LogP contribution in [0.2, 0.25) is 0 Å². The molecular formula is C32H40N4O4S. The molecule has 2 aliphatic heterocycles. The first-order chi connectivity index (χ1) is 20.1. The molecule has 41 heavy (non-hydrogen) atoms. The van der Waals surface area contributed by atoms with Gasteiger partial charge in [0.15, 0.2) is 0 Å². The van der Waals surface area contributed by atoms with E-state index < -0.39 is 6.09 Å². The van der Waals surface area contributed by atoms with Gasteiger partial charge in [-0.3, -0.25) is 9.69 Å². The molecule has 2 N–H and O–H groups in total. The number of hydrogen-bond acceptors (Lipinski definition) is 7. The van der Waals surface area contributed by atoms with Gasteiger partial charge in [-0.05, 0) is 68.5 Å². The van der Waals surface area contributed by atoms with Crippen LogP contribution in [-0.4, -0.2) is 73.0 Å². The number of amides is 2. The number of ether oxygens (including phenoxy) is 1. The van der Waals surface area contributed by atoms with Crippen LogP contribution < -0.4 is 10.3 Å². The van der Waals surface area contributed by atoms with E-state index >= 15 is 0 Å². The fraction of sp³-hybridized carbons (Fsp3) is 0.438. The fourth-order valence-electron chi connectivity index (χ4n) is 5.55. The Labute approximate surface area is 246 Å². The second-order valence-electron chi connectivity index (χ2n) is 10.7. The summed E-state index contributed by atoms with van der Waals surface area (Å²) in [5.41, 5.74) is 2.80. The van der Waals surface area contributed by atoms with E-state index in [4.69, 9.17) is 4.74 Å². The SMILES string of the molecule is O=C(NCCOC(=O)N(c1ccccc1-c1ccccc1)N1CCCCC1)c1ccc(CN2CCC(CO)CC2)s1. The quantitative estimate of drug-likeness (QED) is 0.315. The van der Waals surface area contributed by atoms with E-state index in [-0.39, 0.29) is 25.7 Å². The van der Waals surface area contributed by atoms with Gasteiger partial charge in [-0.25, -0.2) is 14.8 Å². The van der Waals surface area contributed by atoms with Gasteiger partial charge in [0.1, 0.15) is 6.61 Å². The normalized spacial score (nSPS) is 16.8. The molecule has 218 valence electrons. The number of carbonyl (C=O) groups excluding carboxylic acids is 2. The number of nitrogens with zero attached hydrogens (tertiary/aromatic N) is 3. The number of hydrazine groups is 1. The molecule has 8 nitrogen and oxygen atoms in total. The molecule has 0 radical (unpaired) electrons. The zero-order valence-corrected chi connectivity index (χ0v) is 24.4. The zero-order valence-electron chi connectivity index (χ0n) is 23.5. The lowest BCUT2D eigenvalue weighted by Crippen LogP contribution is -2.50. The van der Waals surface area contributed by atoms with Crippen LogP contribution in [0.1, 0.15) is 46.7 Å². The number of likely N-dealkylation sites (tertiary alicyclic amines) is 1. The minimum atomic E-state index is -0.437. The Bertz CT molecular complexity index is 1270. The van der Waals surface area contributed by atoms with E-state index in [1.807, 2.05) is 66.7 Å². The molecule has 2 aromatic carbocycles. The summed E-state index contributed by atoms with van der Waals surface area (Å²) in [7, 11) is 0. The first kappa shape index (κ1) is 29.3. The van der Waals surface area contributed by atoms with Crippen LogP contribution >= 0.6 is 11.3 Å². The van der Waals surface area contributed by atoms with Crippen molar-refractivity contribution in [3.8, 4) is 11.1 Å². The molecule has 5 rings (SSSR count). The van der Waals surface area contributed by atoms with E-state index in [1.54, 1.807) is 5.01 Å². The molecule has 2 fully saturated rings. The van der Waals surface area contributed by atoms with Gasteiger partial charge in [0.2, 0.25) is 0 Å². The number of rotatable bonds is 10. The van der Waals surface area contributed by atoms with Crippen LogP contribution in [0.4, 0.5) is 10.5 Å². The van der Waals surface area contributed by atoms with Crippen molar-refractivity contribution in [3.63, 3.8) is 0 Å². The minimum absolute atomic E-state index is 0.0838. The lowest BCUT2D eigenvalue weighted by molar-refractivity contribution is 0.0929. The number of thiophene rings is 1. The Morgan fingerprint density at radius 2 is 1.66 bits per heavy atom. The predicted molar refractivity (Wildman–Crippen MR) is 163 cm³/mol. The van der Waals surface area contributed by atoms with E-state index in [9.17, 15) is 14.7 Å². The Morgan fingerprint density at radius 1 is 0.927 bits per heavy atom. The molecule has 0 aliphatic carbocycles. The van der Waals surface area contributed by atoms with Crippen molar-refractivity contribution in [3.05, 3.63) is 76.5 Å². The Balaban J connectivity index is 1.16. The van der Waals surface area contributed by atoms with Gasteiger partial charge in [0.25, 0.3) is 5.91 Å². The first-order valence-electron chi connectivity index (χ1n) is 14.7. The van der Waals surface area contributed by atoms with E-state index in [1.165, 1.54) is 11.3 Å². The van der Waals surface area contributed by atoms with Crippen LogP contribution in [0.5, 0.6) is 0 Å². The van der Waals surface area contributed by atoms with Gasteiger partial charge < -0.3 is 15.2 Å². The smallest absolute Gasteiger partial charge is 0.429 e. The Hall–Kier alpha value is -3.24. The topological polar surface area (TPSA) is 85.4 Å². The highest BCUT2D eigenvalue weighted by atomic mass is 32.1. The number of anilines is 1. The number of benzene rings is 2. The molecule has 1 aromatic heterocycles. The molecular weight excluding hydrogens is 536 g/mol. The van der Waals surface area contributed by atoms with Crippen LogP contribution in [0.15, 0.2) is 66.7 Å². The first-order valence-corrected chi connectivity index (χ1v) is 15.5. The predicted octanol–water partition coefficient (Wildman–Crippen LogP) is 5.39. The highest BCUT2D eigenvalue weighted by molar-refractivity contribution is 7.14. The standard InChI is InChI=1S/C32H40N4O4S/c37-24-25-15-20-34(21-16-25)23-27-13-14-30(41-27)31(38)33-17-22-40-32(39)36(35-18-7-2-8-19-35)29-12-6-5-11-28(29)26-9-3-1-4-10-26/h1,3-6,9-14,25,37H,2,7-8,15-24H2,(H,33,38). The van der Waals surface area contributed by atoms with Crippen molar-refractivity contribution >= 4 is 29.0 Å². The van der Waals surface area contributed by atoms with E-state index in [0.717, 1.165) is 86.5 Å². The number of nitrogens with one attached hydrogen (secondary N) is 1. The lowest BCUT2D eigenvalue weighted by atomic mass is 9.98. The molecule has 0 unspecified atom stereocenters. The van der Waals surface area contributed by atoms with Gasteiger partial charge in [-0.1, -0.05) is 55.0 Å². The zero-order chi connectivity index (χ0) is 28.4. The van der Waals surface area contributed by atoms with Crippen molar-refractivity contribution in [1.29, 1.82) is 0 Å². The van der Waals surface area contributed by atoms with Crippen molar-refractivity contribution in [2.24, 2.45) is 5.92 Å². The highest BCUT2D eigenvalue weighted by Crippen LogP contribution is 2.33. The fourth-order valence-corrected chi connectivity index (χ4v) is 6.51. The number of piperidine rings is 2. The number of para-hydroxylation sites is 1. The molecule has 2 aliphatic rings. The third kappa shape index (κ3) is 7.74. The molecule has 0 atom stereocenters. The summed E-state index contributed by atoms with van der Waals surface area (Å²) in [6.07, 6.45) is 4.79. The van der Waals surface area contributed by atoms with Gasteiger partial charge in [0, 0.05) is 36.7 Å². The summed E-state index contributed by atoms with van der Waals surface area (Å²) < 4.78 is 5.72. The van der Waals surface area contributed by atoms with Gasteiger partial charge in [0.05, 0.1) is 17.1 Å². The maximum Gasteiger partial charge on any atom is 0.429 e. The third-order valence-corrected chi connectivity index (χ3v) is 8.92. The third-order valence-electron chi connectivity index (χ3n) is 7.85. The van der Waals surface area contributed by atoms with E-state index in [0.29, 0.717) is 10.8 Å². The second kappa shape index (κ2) is 14.6. The molecule has 3 heterocycles. The molecule has 0 saturated carbocycles. The largest absolute Gasteiger partial charge is 0.446 e. The molecule has 9 heteroatoms. The maximum absolute atomic E-state index is 13.5. The summed E-state index contributed by atoms with van der Waals surface area (Å²) in [4.78, 5) is 30.5. The molecule has 2 saturated heterocycles. The van der Waals surface area contributed by atoms with Crippen molar-refractivity contribution in [1.82, 2.24) is 15.2 Å². The van der Waals surface area contributed by atoms with Crippen molar-refractivity contribution in [2.45, 2.75) is 38.6 Å². The summed E-state index contributed by atoms with van der Waals surface area (Å²) in [6.45, 7) is 4.93. The van der Waals surface area contributed by atoms with Gasteiger partial charge in [-0.15, -0.1) is 11.3 Å². The number of carbonyl (C=O) groups is 2. The Morgan fingerprint density at radius 3 is 2.41 bits per heavy atom. The average molecular weight is 577 g/mol. The molecule has 2 amide bonds. The maximum atomic E-state index is 13.5. The minimum Gasteiger partial charge on any atom is -0.446 e. The molecule has 0 bridgehead atoms. The Kier molecular flexibility index (Phi) is 10.4. The monoisotopic (exact) mass is 576 g/mol. The number of aliphatic hydroxyl groups excluding tert-OH is 1. The molecule has 0 spiro atoms. The molecule has 3 aromatic rings. The summed E-state index contributed by atoms with van der Waals surface area (Å²) in [6, 6.07) is 21.9. The summed E-state index contributed by atoms with van der Waals surface area (Å²) >= 11 is 1.50. The van der Waals surface area contributed by atoms with Gasteiger partial charge in [-0.2, -0.15) is 0 Å².